The number of nitrogens with zero attached hydrogens (tertiary/aromatic N) is 2. The minimum absolute atomic E-state index is 0.0113. The lowest BCUT2D eigenvalue weighted by atomic mass is 9.73. The number of carboxylic acid groups (broad SMARTS) is 1. The van der Waals surface area contributed by atoms with Crippen LogP contribution in [0, 0.1) is 5.92 Å². The molecule has 7 heteroatoms. The Kier molecular flexibility index (Phi) is 5.45. The molecule has 0 aromatic heterocycles. The third-order valence-electron chi connectivity index (χ3n) is 5.74. The molecule has 1 aliphatic heterocycles. The van der Waals surface area contributed by atoms with Crippen molar-refractivity contribution in [3.8, 4) is 0 Å². The van der Waals surface area contributed by atoms with Crippen LogP contribution in [0.3, 0.4) is 0 Å². The van der Waals surface area contributed by atoms with Crippen LogP contribution in [0.2, 0.25) is 5.02 Å². The maximum Gasteiger partial charge on any atom is 0.407 e. The van der Waals surface area contributed by atoms with Crippen molar-refractivity contribution in [2.24, 2.45) is 5.92 Å². The third kappa shape index (κ3) is 3.81. The summed E-state index contributed by atoms with van der Waals surface area (Å²) < 4.78 is 27.2. The standard InChI is InChI=1S/C19H25ClF2N2O2/c1-3-16-11-23(18(25)26)12(2)10-24(16)17(14-8-19(21,22)9-14)13-4-6-15(20)7-5-13/h4-7,12,14,16-17H,3,8-11H2,1-2H3,(H,25,26)/t12-,16+,17?/m0/s1. The number of amides is 1. The predicted molar refractivity (Wildman–Crippen MR) is 96.8 cm³/mol. The van der Waals surface area contributed by atoms with Gasteiger partial charge in [-0.05, 0) is 37.0 Å². The first-order chi connectivity index (χ1) is 12.2. The highest BCUT2D eigenvalue weighted by Gasteiger charge is 2.51. The van der Waals surface area contributed by atoms with Crippen molar-refractivity contribution < 1.29 is 18.7 Å². The quantitative estimate of drug-likeness (QED) is 0.801. The lowest BCUT2D eigenvalue weighted by molar-refractivity contribution is -0.141. The normalized spacial score (nSPS) is 27.8. The molecule has 3 rings (SSSR count). The van der Waals surface area contributed by atoms with Crippen LogP contribution in [0.5, 0.6) is 0 Å². The van der Waals surface area contributed by atoms with E-state index >= 15 is 0 Å². The van der Waals surface area contributed by atoms with Gasteiger partial charge in [-0.25, -0.2) is 13.6 Å². The largest absolute Gasteiger partial charge is 0.465 e. The van der Waals surface area contributed by atoms with Crippen molar-refractivity contribution >= 4 is 17.7 Å². The molecule has 0 spiro atoms. The molecule has 4 nitrogen and oxygen atoms in total. The summed E-state index contributed by atoms with van der Waals surface area (Å²) in [6, 6.07) is 7.09. The topological polar surface area (TPSA) is 43.8 Å². The van der Waals surface area contributed by atoms with Crippen LogP contribution in [-0.2, 0) is 0 Å². The SMILES string of the molecule is CC[C@@H]1CN(C(=O)O)[C@@H](C)CN1C(c1ccc(Cl)cc1)C1CC(F)(F)C1. The molecule has 0 radical (unpaired) electrons. The average molecular weight is 387 g/mol. The molecule has 144 valence electrons. The van der Waals surface area contributed by atoms with Crippen LogP contribution in [-0.4, -0.2) is 52.1 Å². The molecule has 0 bridgehead atoms. The summed E-state index contributed by atoms with van der Waals surface area (Å²) in [7, 11) is 0. The number of alkyl halides is 2. The summed E-state index contributed by atoms with van der Waals surface area (Å²) >= 11 is 6.00. The fourth-order valence-electron chi connectivity index (χ4n) is 4.36. The van der Waals surface area contributed by atoms with Gasteiger partial charge in [-0.3, -0.25) is 4.90 Å². The number of carbonyl (C=O) groups is 1. The van der Waals surface area contributed by atoms with Crippen LogP contribution in [0.4, 0.5) is 13.6 Å². The Morgan fingerprint density at radius 2 is 1.92 bits per heavy atom. The Bertz CT molecular complexity index is 647. The molecular formula is C19H25ClF2N2O2. The Balaban J connectivity index is 1.90. The number of hydrogen-bond donors (Lipinski definition) is 1. The van der Waals surface area contributed by atoms with E-state index in [0.29, 0.717) is 18.1 Å². The molecule has 1 saturated carbocycles. The zero-order valence-electron chi connectivity index (χ0n) is 15.0. The summed E-state index contributed by atoms with van der Waals surface area (Å²) in [5.74, 6) is -2.73. The van der Waals surface area contributed by atoms with Gasteiger partial charge in [0.2, 0.25) is 5.92 Å². The van der Waals surface area contributed by atoms with E-state index in [9.17, 15) is 18.7 Å². The lowest BCUT2D eigenvalue weighted by Crippen LogP contribution is -2.61. The second kappa shape index (κ2) is 7.31. The van der Waals surface area contributed by atoms with Gasteiger partial charge in [0.05, 0.1) is 0 Å². The summed E-state index contributed by atoms with van der Waals surface area (Å²) in [6.45, 7) is 4.84. The van der Waals surface area contributed by atoms with Crippen LogP contribution in [0.15, 0.2) is 24.3 Å². The first-order valence-electron chi connectivity index (χ1n) is 9.10. The van der Waals surface area contributed by atoms with Gasteiger partial charge >= 0.3 is 6.09 Å². The first-order valence-corrected chi connectivity index (χ1v) is 9.48. The van der Waals surface area contributed by atoms with Crippen LogP contribution in [0.1, 0.15) is 44.7 Å². The molecule has 26 heavy (non-hydrogen) atoms. The van der Waals surface area contributed by atoms with Gasteiger partial charge in [-0.2, -0.15) is 0 Å². The van der Waals surface area contributed by atoms with E-state index in [0.717, 1.165) is 12.0 Å². The van der Waals surface area contributed by atoms with Gasteiger partial charge in [0.25, 0.3) is 0 Å². The summed E-state index contributed by atoms with van der Waals surface area (Å²) in [5.41, 5.74) is 0.976. The minimum atomic E-state index is -2.59. The van der Waals surface area contributed by atoms with Crippen LogP contribution < -0.4 is 0 Å². The molecule has 1 heterocycles. The van der Waals surface area contributed by atoms with Crippen molar-refractivity contribution in [2.45, 2.75) is 57.2 Å². The van der Waals surface area contributed by atoms with E-state index in [2.05, 4.69) is 4.90 Å². The third-order valence-corrected chi connectivity index (χ3v) is 5.99. The zero-order chi connectivity index (χ0) is 19.1. The zero-order valence-corrected chi connectivity index (χ0v) is 15.8. The Morgan fingerprint density at radius 1 is 1.31 bits per heavy atom. The van der Waals surface area contributed by atoms with E-state index in [-0.39, 0.29) is 36.9 Å². The van der Waals surface area contributed by atoms with Crippen molar-refractivity contribution in [1.29, 1.82) is 0 Å². The summed E-state index contributed by atoms with van der Waals surface area (Å²) in [4.78, 5) is 15.2. The molecule has 3 atom stereocenters. The Hall–Kier alpha value is -1.40. The minimum Gasteiger partial charge on any atom is -0.465 e. The van der Waals surface area contributed by atoms with Gasteiger partial charge in [0.15, 0.2) is 0 Å². The van der Waals surface area contributed by atoms with Gasteiger partial charge in [0.1, 0.15) is 0 Å². The highest BCUT2D eigenvalue weighted by Crippen LogP contribution is 2.51. The second-order valence-electron chi connectivity index (χ2n) is 7.56. The number of halogens is 3. The first kappa shape index (κ1) is 19.4. The molecule has 1 aromatic rings. The fourth-order valence-corrected chi connectivity index (χ4v) is 4.49. The second-order valence-corrected chi connectivity index (χ2v) is 8.00. The summed E-state index contributed by atoms with van der Waals surface area (Å²) in [5, 5.41) is 10.0. The number of hydrogen-bond acceptors (Lipinski definition) is 2. The van der Waals surface area contributed by atoms with E-state index < -0.39 is 12.0 Å². The number of piperazine rings is 1. The number of rotatable bonds is 4. The smallest absolute Gasteiger partial charge is 0.407 e. The van der Waals surface area contributed by atoms with Gasteiger partial charge in [0, 0.05) is 49.1 Å². The fraction of sp³-hybridized carbons (Fsp3) is 0.632. The predicted octanol–water partition coefficient (Wildman–Crippen LogP) is 4.89. The van der Waals surface area contributed by atoms with Crippen molar-refractivity contribution in [1.82, 2.24) is 9.80 Å². The van der Waals surface area contributed by atoms with E-state index in [1.54, 1.807) is 12.1 Å². The summed E-state index contributed by atoms with van der Waals surface area (Å²) in [6.07, 6.45) is -0.396. The average Bonchev–Trinajstić information content (AvgIpc) is 2.55. The van der Waals surface area contributed by atoms with Gasteiger partial charge < -0.3 is 10.0 Å². The van der Waals surface area contributed by atoms with E-state index in [4.69, 9.17) is 11.6 Å². The lowest BCUT2D eigenvalue weighted by Gasteiger charge is -2.52. The molecule has 1 aliphatic carbocycles. The Labute approximate surface area is 157 Å². The molecule has 1 saturated heterocycles. The number of benzene rings is 1. The molecule has 1 amide bonds. The van der Waals surface area contributed by atoms with Crippen LogP contribution in [0.25, 0.3) is 0 Å². The van der Waals surface area contributed by atoms with Gasteiger partial charge in [-0.15, -0.1) is 0 Å². The Morgan fingerprint density at radius 3 is 2.42 bits per heavy atom. The van der Waals surface area contributed by atoms with Crippen molar-refractivity contribution in [3.63, 3.8) is 0 Å². The molecule has 1 unspecified atom stereocenters. The van der Waals surface area contributed by atoms with Crippen molar-refractivity contribution in [2.75, 3.05) is 13.1 Å². The molecular weight excluding hydrogens is 362 g/mol. The highest BCUT2D eigenvalue weighted by molar-refractivity contribution is 6.30. The molecule has 2 fully saturated rings. The molecule has 2 aliphatic rings. The van der Waals surface area contributed by atoms with Gasteiger partial charge in [-0.1, -0.05) is 30.7 Å². The van der Waals surface area contributed by atoms with E-state index in [1.807, 2.05) is 26.0 Å². The highest BCUT2D eigenvalue weighted by atomic mass is 35.5. The van der Waals surface area contributed by atoms with E-state index in [1.165, 1.54) is 4.90 Å². The maximum atomic E-state index is 13.6. The molecule has 1 N–H and O–H groups in total. The van der Waals surface area contributed by atoms with Crippen LogP contribution >= 0.6 is 11.6 Å². The monoisotopic (exact) mass is 386 g/mol. The van der Waals surface area contributed by atoms with Crippen molar-refractivity contribution in [3.05, 3.63) is 34.9 Å². The molecule has 1 aromatic carbocycles. The maximum absolute atomic E-state index is 13.6.